The molecule has 1 saturated carbocycles. The van der Waals surface area contributed by atoms with Gasteiger partial charge in [-0.15, -0.1) is 0 Å². The molecule has 0 radical (unpaired) electrons. The first-order chi connectivity index (χ1) is 9.13. The predicted molar refractivity (Wildman–Crippen MR) is 75.0 cm³/mol. The smallest absolute Gasteiger partial charge is 0.237 e. The van der Waals surface area contributed by atoms with Crippen LogP contribution in [0.3, 0.4) is 0 Å². The fraction of sp³-hybridized carbons (Fsp3) is 0.929. The molecule has 1 rings (SSSR count). The monoisotopic (exact) mass is 272 g/mol. The number of amides is 1. The van der Waals surface area contributed by atoms with E-state index in [9.17, 15) is 9.90 Å². The summed E-state index contributed by atoms with van der Waals surface area (Å²) in [5, 5.41) is 15.7. The van der Waals surface area contributed by atoms with Crippen LogP contribution < -0.4 is 10.6 Å². The van der Waals surface area contributed by atoms with E-state index in [2.05, 4.69) is 10.6 Å². The lowest BCUT2D eigenvalue weighted by atomic mass is 9.95. The normalized spacial score (nSPS) is 19.9. The average molecular weight is 272 g/mol. The molecule has 2 unspecified atom stereocenters. The van der Waals surface area contributed by atoms with Gasteiger partial charge in [0.05, 0.1) is 18.8 Å². The third-order valence-electron chi connectivity index (χ3n) is 3.63. The van der Waals surface area contributed by atoms with E-state index in [0.717, 1.165) is 12.8 Å². The number of methoxy groups -OCH3 is 1. The van der Waals surface area contributed by atoms with Gasteiger partial charge in [-0.3, -0.25) is 4.79 Å². The summed E-state index contributed by atoms with van der Waals surface area (Å²) in [6, 6.07) is 0.140. The molecule has 3 N–H and O–H groups in total. The molecule has 0 spiro atoms. The van der Waals surface area contributed by atoms with E-state index < -0.39 is 6.10 Å². The lowest BCUT2D eigenvalue weighted by Gasteiger charge is -2.25. The summed E-state index contributed by atoms with van der Waals surface area (Å²) in [6.45, 7) is 2.81. The Bertz CT molecular complexity index is 255. The van der Waals surface area contributed by atoms with Crippen molar-refractivity contribution in [2.75, 3.05) is 20.3 Å². The maximum atomic E-state index is 12.0. The summed E-state index contributed by atoms with van der Waals surface area (Å²) in [4.78, 5) is 12.0. The van der Waals surface area contributed by atoms with E-state index in [1.165, 1.54) is 19.3 Å². The number of rotatable bonds is 8. The van der Waals surface area contributed by atoms with Crippen LogP contribution in [-0.2, 0) is 9.53 Å². The Morgan fingerprint density at radius 3 is 2.68 bits per heavy atom. The summed E-state index contributed by atoms with van der Waals surface area (Å²) in [5.74, 6) is 0.0631. The molecule has 0 aromatic heterocycles. The number of carbonyl (C=O) groups excluding carboxylic acids is 1. The van der Waals surface area contributed by atoms with E-state index in [1.54, 1.807) is 7.11 Å². The van der Waals surface area contributed by atoms with Gasteiger partial charge in [0.15, 0.2) is 0 Å². The van der Waals surface area contributed by atoms with Crippen molar-refractivity contribution in [2.45, 2.75) is 63.6 Å². The van der Waals surface area contributed by atoms with Crippen LogP contribution in [0.1, 0.15) is 45.4 Å². The molecule has 1 amide bonds. The zero-order valence-electron chi connectivity index (χ0n) is 12.2. The van der Waals surface area contributed by atoms with E-state index >= 15 is 0 Å². The first-order valence-electron chi connectivity index (χ1n) is 7.34. The van der Waals surface area contributed by atoms with Crippen molar-refractivity contribution in [1.29, 1.82) is 0 Å². The number of nitrogens with one attached hydrogen (secondary N) is 2. The Labute approximate surface area is 116 Å². The van der Waals surface area contributed by atoms with Crippen molar-refractivity contribution in [3.63, 3.8) is 0 Å². The topological polar surface area (TPSA) is 70.6 Å². The second-order valence-corrected chi connectivity index (χ2v) is 5.42. The molecule has 5 heteroatoms. The number of aliphatic hydroxyl groups is 1. The van der Waals surface area contributed by atoms with Crippen molar-refractivity contribution >= 4 is 5.91 Å². The third-order valence-corrected chi connectivity index (χ3v) is 3.63. The minimum Gasteiger partial charge on any atom is -0.391 e. The molecule has 1 fully saturated rings. The van der Waals surface area contributed by atoms with Gasteiger partial charge >= 0.3 is 0 Å². The standard InChI is InChI=1S/C14H28N2O3/c1-11(15-9-8-13(17)10-19-2)14(18)16-12-6-4-3-5-7-12/h11-13,15,17H,3-10H2,1-2H3,(H,16,18). The Morgan fingerprint density at radius 1 is 1.37 bits per heavy atom. The maximum Gasteiger partial charge on any atom is 0.237 e. The second-order valence-electron chi connectivity index (χ2n) is 5.42. The number of hydrogen-bond acceptors (Lipinski definition) is 4. The zero-order chi connectivity index (χ0) is 14.1. The van der Waals surface area contributed by atoms with Gasteiger partial charge in [0.2, 0.25) is 5.91 Å². The molecular formula is C14H28N2O3. The van der Waals surface area contributed by atoms with Crippen LogP contribution in [0.2, 0.25) is 0 Å². The molecule has 0 aromatic carbocycles. The number of ether oxygens (including phenoxy) is 1. The highest BCUT2D eigenvalue weighted by molar-refractivity contribution is 5.81. The Hall–Kier alpha value is -0.650. The third kappa shape index (κ3) is 6.89. The molecule has 0 aromatic rings. The lowest BCUT2D eigenvalue weighted by molar-refractivity contribution is -0.123. The van der Waals surface area contributed by atoms with Crippen LogP contribution in [0.25, 0.3) is 0 Å². The highest BCUT2D eigenvalue weighted by atomic mass is 16.5. The summed E-state index contributed by atoms with van der Waals surface area (Å²) in [7, 11) is 1.57. The number of carbonyl (C=O) groups is 1. The van der Waals surface area contributed by atoms with E-state index in [4.69, 9.17) is 4.74 Å². The van der Waals surface area contributed by atoms with E-state index in [-0.39, 0.29) is 11.9 Å². The first-order valence-corrected chi connectivity index (χ1v) is 7.34. The van der Waals surface area contributed by atoms with Crippen molar-refractivity contribution in [3.8, 4) is 0 Å². The molecule has 0 bridgehead atoms. The molecule has 19 heavy (non-hydrogen) atoms. The predicted octanol–water partition coefficient (Wildman–Crippen LogP) is 0.811. The van der Waals surface area contributed by atoms with Gasteiger partial charge in [0.25, 0.3) is 0 Å². The SMILES string of the molecule is COCC(O)CCNC(C)C(=O)NC1CCCCC1. The molecule has 1 aliphatic carbocycles. The molecule has 0 aliphatic heterocycles. The van der Waals surface area contributed by atoms with E-state index in [1.807, 2.05) is 6.92 Å². The van der Waals surface area contributed by atoms with Crippen LogP contribution in [0, 0.1) is 0 Å². The minimum atomic E-state index is -0.467. The molecule has 0 saturated heterocycles. The van der Waals surface area contributed by atoms with Crippen molar-refractivity contribution in [2.24, 2.45) is 0 Å². The van der Waals surface area contributed by atoms with Gasteiger partial charge in [-0.1, -0.05) is 19.3 Å². The van der Waals surface area contributed by atoms with Crippen LogP contribution in [0.5, 0.6) is 0 Å². The Morgan fingerprint density at radius 2 is 2.05 bits per heavy atom. The quantitative estimate of drug-likeness (QED) is 0.611. The van der Waals surface area contributed by atoms with Crippen LogP contribution in [0.15, 0.2) is 0 Å². The largest absolute Gasteiger partial charge is 0.391 e. The molecule has 0 heterocycles. The Balaban J connectivity index is 2.13. The van der Waals surface area contributed by atoms with Gasteiger partial charge in [0, 0.05) is 13.2 Å². The maximum absolute atomic E-state index is 12.0. The van der Waals surface area contributed by atoms with Gasteiger partial charge in [0.1, 0.15) is 0 Å². The molecule has 112 valence electrons. The summed E-state index contributed by atoms with van der Waals surface area (Å²) < 4.78 is 4.85. The van der Waals surface area contributed by atoms with Gasteiger partial charge in [-0.2, -0.15) is 0 Å². The second kappa shape index (κ2) is 9.28. The molecule has 2 atom stereocenters. The van der Waals surface area contributed by atoms with Crippen molar-refractivity contribution in [3.05, 3.63) is 0 Å². The average Bonchev–Trinajstić information content (AvgIpc) is 2.40. The highest BCUT2D eigenvalue weighted by Gasteiger charge is 2.19. The van der Waals surface area contributed by atoms with Crippen molar-refractivity contribution in [1.82, 2.24) is 10.6 Å². The summed E-state index contributed by atoms with van der Waals surface area (Å²) in [6.07, 6.45) is 6.06. The molecular weight excluding hydrogens is 244 g/mol. The zero-order valence-corrected chi connectivity index (χ0v) is 12.2. The first kappa shape index (κ1) is 16.4. The minimum absolute atomic E-state index is 0.0631. The van der Waals surface area contributed by atoms with Gasteiger partial charge < -0.3 is 20.5 Å². The number of hydrogen-bond donors (Lipinski definition) is 3. The lowest BCUT2D eigenvalue weighted by Crippen LogP contribution is -2.47. The van der Waals surface area contributed by atoms with Crippen LogP contribution in [-0.4, -0.2) is 49.5 Å². The summed E-state index contributed by atoms with van der Waals surface area (Å²) in [5.41, 5.74) is 0. The highest BCUT2D eigenvalue weighted by Crippen LogP contribution is 2.17. The van der Waals surface area contributed by atoms with Crippen LogP contribution >= 0.6 is 0 Å². The van der Waals surface area contributed by atoms with Gasteiger partial charge in [-0.25, -0.2) is 0 Å². The van der Waals surface area contributed by atoms with E-state index in [0.29, 0.717) is 25.6 Å². The van der Waals surface area contributed by atoms with Crippen LogP contribution in [0.4, 0.5) is 0 Å². The molecule has 5 nitrogen and oxygen atoms in total. The molecule has 1 aliphatic rings. The fourth-order valence-corrected chi connectivity index (χ4v) is 2.41. The Kier molecular flexibility index (Phi) is 8.02. The summed E-state index contributed by atoms with van der Waals surface area (Å²) >= 11 is 0. The fourth-order valence-electron chi connectivity index (χ4n) is 2.41. The van der Waals surface area contributed by atoms with Gasteiger partial charge in [-0.05, 0) is 32.7 Å². The van der Waals surface area contributed by atoms with Crippen molar-refractivity contribution < 1.29 is 14.6 Å². The number of aliphatic hydroxyl groups excluding tert-OH is 1.